The molecule has 0 saturated carbocycles. The molecule has 0 radical (unpaired) electrons. The lowest BCUT2D eigenvalue weighted by Gasteiger charge is -2.16. The van der Waals surface area contributed by atoms with Gasteiger partial charge >= 0.3 is 12.1 Å². The van der Waals surface area contributed by atoms with Gasteiger partial charge in [0, 0.05) is 0 Å². The van der Waals surface area contributed by atoms with Crippen LogP contribution in [0.25, 0.3) is 0 Å². The number of aliphatic carboxylic acids is 1. The highest BCUT2D eigenvalue weighted by molar-refractivity contribution is 5.80. The SMILES string of the molecule is CC(C)OCC(NC(=O)OCc1ccccc1)C(=O)O. The molecule has 1 aromatic carbocycles. The van der Waals surface area contributed by atoms with Crippen molar-refractivity contribution in [3.63, 3.8) is 0 Å². The molecule has 0 heterocycles. The molecule has 0 aliphatic carbocycles. The predicted molar refractivity (Wildman–Crippen MR) is 72.3 cm³/mol. The molecule has 1 atom stereocenters. The third kappa shape index (κ3) is 6.19. The highest BCUT2D eigenvalue weighted by Crippen LogP contribution is 2.01. The van der Waals surface area contributed by atoms with Crippen LogP contribution in [-0.2, 0) is 20.9 Å². The topological polar surface area (TPSA) is 84.9 Å². The van der Waals surface area contributed by atoms with E-state index < -0.39 is 18.1 Å². The summed E-state index contributed by atoms with van der Waals surface area (Å²) in [6.07, 6.45) is -0.896. The van der Waals surface area contributed by atoms with Crippen molar-refractivity contribution in [2.24, 2.45) is 0 Å². The van der Waals surface area contributed by atoms with Crippen molar-refractivity contribution in [1.29, 1.82) is 0 Å². The van der Waals surface area contributed by atoms with E-state index >= 15 is 0 Å². The number of alkyl carbamates (subject to hydrolysis) is 1. The predicted octanol–water partition coefficient (Wildman–Crippen LogP) is 1.79. The molecule has 0 bridgehead atoms. The van der Waals surface area contributed by atoms with Gasteiger partial charge < -0.3 is 19.9 Å². The third-order valence-corrected chi connectivity index (χ3v) is 2.40. The normalized spacial score (nSPS) is 11.9. The van der Waals surface area contributed by atoms with Crippen LogP contribution in [0.2, 0.25) is 0 Å². The van der Waals surface area contributed by atoms with Gasteiger partial charge in [0.2, 0.25) is 0 Å². The van der Waals surface area contributed by atoms with Crippen molar-refractivity contribution in [1.82, 2.24) is 5.32 Å². The van der Waals surface area contributed by atoms with Gasteiger partial charge in [-0.15, -0.1) is 0 Å². The maximum atomic E-state index is 11.5. The molecule has 110 valence electrons. The monoisotopic (exact) mass is 281 g/mol. The number of nitrogens with one attached hydrogen (secondary N) is 1. The van der Waals surface area contributed by atoms with Crippen molar-refractivity contribution in [2.75, 3.05) is 6.61 Å². The van der Waals surface area contributed by atoms with Crippen molar-refractivity contribution < 1.29 is 24.2 Å². The molecule has 1 rings (SSSR count). The standard InChI is InChI=1S/C14H19NO5/c1-10(2)19-9-12(13(16)17)15-14(18)20-8-11-6-4-3-5-7-11/h3-7,10,12H,8-9H2,1-2H3,(H,15,18)(H,16,17). The van der Waals surface area contributed by atoms with E-state index in [9.17, 15) is 9.59 Å². The summed E-state index contributed by atoms with van der Waals surface area (Å²) in [5, 5.41) is 11.2. The van der Waals surface area contributed by atoms with Crippen LogP contribution in [0, 0.1) is 0 Å². The van der Waals surface area contributed by atoms with Gasteiger partial charge in [-0.2, -0.15) is 0 Å². The zero-order chi connectivity index (χ0) is 15.0. The number of carboxylic acids is 1. The number of carboxylic acid groups (broad SMARTS) is 1. The fourth-order valence-corrected chi connectivity index (χ4v) is 1.37. The number of benzene rings is 1. The fourth-order valence-electron chi connectivity index (χ4n) is 1.37. The van der Waals surface area contributed by atoms with Crippen LogP contribution in [0.1, 0.15) is 19.4 Å². The van der Waals surface area contributed by atoms with Crippen LogP contribution in [0.3, 0.4) is 0 Å². The number of hydrogen-bond donors (Lipinski definition) is 2. The lowest BCUT2D eigenvalue weighted by molar-refractivity contribution is -0.141. The van der Waals surface area contributed by atoms with Gasteiger partial charge in [-0.3, -0.25) is 0 Å². The Balaban J connectivity index is 2.40. The molecule has 6 heteroatoms. The average Bonchev–Trinajstić information content (AvgIpc) is 2.41. The Morgan fingerprint density at radius 1 is 1.25 bits per heavy atom. The highest BCUT2D eigenvalue weighted by atomic mass is 16.5. The van der Waals surface area contributed by atoms with E-state index in [1.54, 1.807) is 13.8 Å². The Morgan fingerprint density at radius 2 is 1.90 bits per heavy atom. The average molecular weight is 281 g/mol. The van der Waals surface area contributed by atoms with Crippen molar-refractivity contribution in [3.05, 3.63) is 35.9 Å². The molecule has 0 spiro atoms. The summed E-state index contributed by atoms with van der Waals surface area (Å²) in [7, 11) is 0. The van der Waals surface area contributed by atoms with E-state index in [4.69, 9.17) is 14.6 Å². The Morgan fingerprint density at radius 3 is 2.45 bits per heavy atom. The second-order valence-electron chi connectivity index (χ2n) is 4.48. The van der Waals surface area contributed by atoms with Crippen LogP contribution >= 0.6 is 0 Å². The van der Waals surface area contributed by atoms with Gasteiger partial charge in [0.15, 0.2) is 6.04 Å². The molecule has 1 unspecified atom stereocenters. The Kier molecular flexibility index (Phi) is 6.52. The molecule has 0 fully saturated rings. The molecule has 1 amide bonds. The number of ether oxygens (including phenoxy) is 2. The van der Waals surface area contributed by atoms with Crippen LogP contribution in [0.15, 0.2) is 30.3 Å². The molecule has 0 aliphatic rings. The Labute approximate surface area is 117 Å². The fraction of sp³-hybridized carbons (Fsp3) is 0.429. The second-order valence-corrected chi connectivity index (χ2v) is 4.48. The first kappa shape index (κ1) is 16.0. The van der Waals surface area contributed by atoms with E-state index in [0.29, 0.717) is 0 Å². The summed E-state index contributed by atoms with van der Waals surface area (Å²) in [5.41, 5.74) is 0.827. The first-order chi connectivity index (χ1) is 9.49. The number of carbonyl (C=O) groups is 2. The molecule has 6 nitrogen and oxygen atoms in total. The molecule has 1 aromatic rings. The van der Waals surface area contributed by atoms with Gasteiger partial charge in [0.05, 0.1) is 12.7 Å². The van der Waals surface area contributed by atoms with Crippen LogP contribution in [0.5, 0.6) is 0 Å². The molecule has 2 N–H and O–H groups in total. The minimum absolute atomic E-state index is 0.0874. The molecule has 0 aliphatic heterocycles. The summed E-state index contributed by atoms with van der Waals surface area (Å²) in [6, 6.07) is 8.00. The maximum Gasteiger partial charge on any atom is 0.408 e. The van der Waals surface area contributed by atoms with Crippen molar-refractivity contribution in [2.45, 2.75) is 32.6 Å². The van der Waals surface area contributed by atoms with Crippen molar-refractivity contribution in [3.8, 4) is 0 Å². The van der Waals surface area contributed by atoms with E-state index in [1.165, 1.54) is 0 Å². The Hall–Kier alpha value is -2.08. The highest BCUT2D eigenvalue weighted by Gasteiger charge is 2.21. The summed E-state index contributed by atoms with van der Waals surface area (Å²) >= 11 is 0. The van der Waals surface area contributed by atoms with Gasteiger partial charge in [-0.25, -0.2) is 9.59 Å². The molecule has 20 heavy (non-hydrogen) atoms. The lowest BCUT2D eigenvalue weighted by Crippen LogP contribution is -2.44. The number of rotatable bonds is 7. The molecule has 0 aromatic heterocycles. The maximum absolute atomic E-state index is 11.5. The van der Waals surface area contributed by atoms with Crippen LogP contribution in [-0.4, -0.2) is 35.9 Å². The van der Waals surface area contributed by atoms with Crippen molar-refractivity contribution >= 4 is 12.1 Å². The molecular weight excluding hydrogens is 262 g/mol. The quantitative estimate of drug-likeness (QED) is 0.796. The first-order valence-electron chi connectivity index (χ1n) is 6.30. The van der Waals surface area contributed by atoms with E-state index in [1.807, 2.05) is 30.3 Å². The number of carbonyl (C=O) groups excluding carboxylic acids is 1. The third-order valence-electron chi connectivity index (χ3n) is 2.40. The summed E-state index contributed by atoms with van der Waals surface area (Å²) in [5.74, 6) is -1.16. The largest absolute Gasteiger partial charge is 0.480 e. The second kappa shape index (κ2) is 8.16. The summed E-state index contributed by atoms with van der Waals surface area (Å²) < 4.78 is 10.1. The molecule has 0 saturated heterocycles. The number of hydrogen-bond acceptors (Lipinski definition) is 4. The number of amides is 1. The minimum atomic E-state index is -1.16. The van der Waals surface area contributed by atoms with Gasteiger partial charge in [0.25, 0.3) is 0 Å². The Bertz CT molecular complexity index is 432. The van der Waals surface area contributed by atoms with E-state index in [2.05, 4.69) is 5.32 Å². The van der Waals surface area contributed by atoms with E-state index in [-0.39, 0.29) is 19.3 Å². The van der Waals surface area contributed by atoms with Gasteiger partial charge in [0.1, 0.15) is 6.61 Å². The smallest absolute Gasteiger partial charge is 0.408 e. The summed E-state index contributed by atoms with van der Waals surface area (Å²) in [4.78, 5) is 22.5. The van der Waals surface area contributed by atoms with Gasteiger partial charge in [-0.05, 0) is 19.4 Å². The summed E-state index contributed by atoms with van der Waals surface area (Å²) in [6.45, 7) is 3.55. The lowest BCUT2D eigenvalue weighted by atomic mass is 10.2. The first-order valence-corrected chi connectivity index (χ1v) is 6.30. The minimum Gasteiger partial charge on any atom is -0.480 e. The van der Waals surface area contributed by atoms with Crippen LogP contribution in [0.4, 0.5) is 4.79 Å². The molecular formula is C14H19NO5. The van der Waals surface area contributed by atoms with Gasteiger partial charge in [-0.1, -0.05) is 30.3 Å². The zero-order valence-electron chi connectivity index (χ0n) is 11.5. The zero-order valence-corrected chi connectivity index (χ0v) is 11.5. The van der Waals surface area contributed by atoms with Crippen LogP contribution < -0.4 is 5.32 Å². The van der Waals surface area contributed by atoms with E-state index in [0.717, 1.165) is 5.56 Å².